The van der Waals surface area contributed by atoms with Crippen molar-refractivity contribution in [2.45, 2.75) is 44.8 Å². The van der Waals surface area contributed by atoms with E-state index in [4.69, 9.17) is 10.5 Å². The van der Waals surface area contributed by atoms with E-state index in [1.54, 1.807) is 32.9 Å². The van der Waals surface area contributed by atoms with Crippen LogP contribution in [0.3, 0.4) is 0 Å². The van der Waals surface area contributed by atoms with Crippen LogP contribution in [0.25, 0.3) is 0 Å². The van der Waals surface area contributed by atoms with Crippen molar-refractivity contribution in [3.8, 4) is 0 Å². The topological polar surface area (TPSA) is 55.6 Å². The smallest absolute Gasteiger partial charge is 0.410 e. The molecule has 0 aliphatic carbocycles. The lowest BCUT2D eigenvalue weighted by molar-refractivity contribution is 0.0290. The van der Waals surface area contributed by atoms with E-state index in [0.717, 1.165) is 5.56 Å². The quantitative estimate of drug-likeness (QED) is 0.911. The van der Waals surface area contributed by atoms with E-state index in [2.05, 4.69) is 0 Å². The SMILES string of the molecule is CC(C)(C)OC(=O)N1C[C@@H](N)[C@H](c2cccc(C(F)F)c2)C1. The van der Waals surface area contributed by atoms with Crippen molar-refractivity contribution in [3.63, 3.8) is 0 Å². The van der Waals surface area contributed by atoms with Crippen LogP contribution in [0.5, 0.6) is 0 Å². The highest BCUT2D eigenvalue weighted by atomic mass is 19.3. The van der Waals surface area contributed by atoms with Crippen LogP contribution in [0, 0.1) is 0 Å². The summed E-state index contributed by atoms with van der Waals surface area (Å²) in [6.45, 7) is 6.13. The third-order valence-corrected chi connectivity index (χ3v) is 3.61. The zero-order valence-electron chi connectivity index (χ0n) is 13.1. The largest absolute Gasteiger partial charge is 0.444 e. The Kier molecular flexibility index (Phi) is 4.70. The Morgan fingerprint density at radius 1 is 1.36 bits per heavy atom. The van der Waals surface area contributed by atoms with Crippen molar-refractivity contribution in [1.82, 2.24) is 4.90 Å². The number of rotatable bonds is 2. The number of likely N-dealkylation sites (tertiary alicyclic amines) is 1. The number of nitrogens with two attached hydrogens (primary N) is 1. The average Bonchev–Trinajstić information content (AvgIpc) is 2.79. The van der Waals surface area contributed by atoms with E-state index < -0.39 is 18.1 Å². The zero-order chi connectivity index (χ0) is 16.5. The zero-order valence-corrected chi connectivity index (χ0v) is 13.1. The van der Waals surface area contributed by atoms with Crippen LogP contribution in [0.4, 0.5) is 13.6 Å². The molecule has 1 aromatic rings. The van der Waals surface area contributed by atoms with Crippen molar-refractivity contribution in [1.29, 1.82) is 0 Å². The van der Waals surface area contributed by atoms with Gasteiger partial charge in [-0.25, -0.2) is 13.6 Å². The van der Waals surface area contributed by atoms with E-state index in [1.807, 2.05) is 0 Å². The van der Waals surface area contributed by atoms with Gasteiger partial charge in [0.15, 0.2) is 0 Å². The summed E-state index contributed by atoms with van der Waals surface area (Å²) in [5.74, 6) is -0.161. The molecule has 0 radical (unpaired) electrons. The Bertz CT molecular complexity index is 543. The van der Waals surface area contributed by atoms with Gasteiger partial charge in [0.2, 0.25) is 0 Å². The molecule has 0 unspecified atom stereocenters. The molecule has 1 saturated heterocycles. The minimum absolute atomic E-state index is 0.0274. The summed E-state index contributed by atoms with van der Waals surface area (Å²) >= 11 is 0. The number of carbonyl (C=O) groups is 1. The second kappa shape index (κ2) is 6.20. The van der Waals surface area contributed by atoms with Gasteiger partial charge in [0.25, 0.3) is 6.43 Å². The standard InChI is InChI=1S/C16H22F2N2O2/c1-16(2,3)22-15(21)20-8-12(13(19)9-20)10-5-4-6-11(7-10)14(17)18/h4-7,12-14H,8-9,19H2,1-3H3/t12-,13+/m0/s1. The maximum absolute atomic E-state index is 12.8. The summed E-state index contributed by atoms with van der Waals surface area (Å²) in [5, 5.41) is 0. The van der Waals surface area contributed by atoms with E-state index in [9.17, 15) is 13.6 Å². The Morgan fingerprint density at radius 2 is 2.05 bits per heavy atom. The lowest BCUT2D eigenvalue weighted by Gasteiger charge is -2.24. The van der Waals surface area contributed by atoms with Gasteiger partial charge in [-0.3, -0.25) is 0 Å². The van der Waals surface area contributed by atoms with Gasteiger partial charge >= 0.3 is 6.09 Å². The number of ether oxygens (including phenoxy) is 1. The van der Waals surface area contributed by atoms with E-state index in [0.29, 0.717) is 13.1 Å². The molecule has 0 aromatic heterocycles. The predicted octanol–water partition coefficient (Wildman–Crippen LogP) is 3.29. The van der Waals surface area contributed by atoms with E-state index in [1.165, 1.54) is 17.0 Å². The van der Waals surface area contributed by atoms with Crippen molar-refractivity contribution in [2.24, 2.45) is 5.73 Å². The van der Waals surface area contributed by atoms with E-state index >= 15 is 0 Å². The first kappa shape index (κ1) is 16.7. The molecular formula is C16H22F2N2O2. The van der Waals surface area contributed by atoms with Gasteiger partial charge in [0.05, 0.1) is 0 Å². The van der Waals surface area contributed by atoms with Crippen LogP contribution < -0.4 is 5.73 Å². The van der Waals surface area contributed by atoms with Crippen molar-refractivity contribution < 1.29 is 18.3 Å². The molecule has 1 aliphatic heterocycles. The fourth-order valence-corrected chi connectivity index (χ4v) is 2.58. The van der Waals surface area contributed by atoms with Crippen LogP contribution in [0.1, 0.15) is 44.2 Å². The number of amides is 1. The van der Waals surface area contributed by atoms with Crippen LogP contribution in [-0.2, 0) is 4.74 Å². The molecule has 1 amide bonds. The monoisotopic (exact) mass is 312 g/mol. The summed E-state index contributed by atoms with van der Waals surface area (Å²) in [7, 11) is 0. The summed E-state index contributed by atoms with van der Waals surface area (Å²) in [6.07, 6.45) is -2.94. The van der Waals surface area contributed by atoms with E-state index in [-0.39, 0.29) is 17.5 Å². The highest BCUT2D eigenvalue weighted by Crippen LogP contribution is 2.30. The van der Waals surface area contributed by atoms with Crippen LogP contribution >= 0.6 is 0 Å². The number of alkyl halides is 2. The molecule has 4 nitrogen and oxygen atoms in total. The first-order valence-corrected chi connectivity index (χ1v) is 7.29. The second-order valence-electron chi connectivity index (χ2n) is 6.63. The van der Waals surface area contributed by atoms with Crippen molar-refractivity contribution in [2.75, 3.05) is 13.1 Å². The third kappa shape index (κ3) is 3.94. The Morgan fingerprint density at radius 3 is 2.64 bits per heavy atom. The molecule has 122 valence electrons. The highest BCUT2D eigenvalue weighted by molar-refractivity contribution is 5.69. The minimum atomic E-state index is -2.51. The average molecular weight is 312 g/mol. The predicted molar refractivity (Wildman–Crippen MR) is 79.9 cm³/mol. The fraction of sp³-hybridized carbons (Fsp3) is 0.562. The second-order valence-corrected chi connectivity index (χ2v) is 6.63. The minimum Gasteiger partial charge on any atom is -0.444 e. The molecule has 0 saturated carbocycles. The van der Waals surface area contributed by atoms with Crippen LogP contribution in [0.2, 0.25) is 0 Å². The molecule has 22 heavy (non-hydrogen) atoms. The van der Waals surface area contributed by atoms with Gasteiger partial charge < -0.3 is 15.4 Å². The molecule has 0 spiro atoms. The molecule has 6 heteroatoms. The number of halogens is 2. The number of carbonyl (C=O) groups excluding carboxylic acids is 1. The fourth-order valence-electron chi connectivity index (χ4n) is 2.58. The highest BCUT2D eigenvalue weighted by Gasteiger charge is 2.36. The normalized spacial score (nSPS) is 22.2. The summed E-state index contributed by atoms with van der Waals surface area (Å²) in [5.41, 5.74) is 6.22. The van der Waals surface area contributed by atoms with Gasteiger partial charge in [0, 0.05) is 30.6 Å². The molecule has 1 aliphatic rings. The molecule has 1 fully saturated rings. The summed E-state index contributed by atoms with van der Waals surface area (Å²) in [6, 6.07) is 5.93. The molecule has 2 atom stereocenters. The summed E-state index contributed by atoms with van der Waals surface area (Å²) < 4.78 is 30.9. The van der Waals surface area contributed by atoms with Crippen LogP contribution in [-0.4, -0.2) is 35.7 Å². The van der Waals surface area contributed by atoms with Crippen molar-refractivity contribution in [3.05, 3.63) is 35.4 Å². The van der Waals surface area contributed by atoms with Gasteiger partial charge in [-0.1, -0.05) is 18.2 Å². The molecule has 2 N–H and O–H groups in total. The Labute approximate surface area is 129 Å². The maximum atomic E-state index is 12.8. The maximum Gasteiger partial charge on any atom is 0.410 e. The lowest BCUT2D eigenvalue weighted by Crippen LogP contribution is -2.36. The number of nitrogens with zero attached hydrogens (tertiary/aromatic N) is 1. The van der Waals surface area contributed by atoms with Crippen molar-refractivity contribution >= 4 is 6.09 Å². The Hall–Kier alpha value is -1.69. The molecular weight excluding hydrogens is 290 g/mol. The van der Waals surface area contributed by atoms with Gasteiger partial charge in [0.1, 0.15) is 5.60 Å². The van der Waals surface area contributed by atoms with Gasteiger partial charge in [-0.2, -0.15) is 0 Å². The first-order valence-electron chi connectivity index (χ1n) is 7.29. The molecule has 0 bridgehead atoms. The molecule has 2 rings (SSSR count). The number of hydrogen-bond donors (Lipinski definition) is 1. The van der Waals surface area contributed by atoms with Crippen LogP contribution in [0.15, 0.2) is 24.3 Å². The number of benzene rings is 1. The van der Waals surface area contributed by atoms with Gasteiger partial charge in [-0.15, -0.1) is 0 Å². The number of hydrogen-bond acceptors (Lipinski definition) is 3. The Balaban J connectivity index is 2.11. The first-order chi connectivity index (χ1) is 10.2. The van der Waals surface area contributed by atoms with Gasteiger partial charge in [-0.05, 0) is 32.4 Å². The summed E-state index contributed by atoms with van der Waals surface area (Å²) in [4.78, 5) is 13.6. The lowest BCUT2D eigenvalue weighted by atomic mass is 9.93. The molecule has 1 heterocycles. The molecule has 1 aromatic carbocycles. The third-order valence-electron chi connectivity index (χ3n) is 3.61.